The van der Waals surface area contributed by atoms with Gasteiger partial charge in [0.05, 0.1) is 14.2 Å². The van der Waals surface area contributed by atoms with Gasteiger partial charge in [0.15, 0.2) is 0 Å². The first kappa shape index (κ1) is 16.4. The lowest BCUT2D eigenvalue weighted by Gasteiger charge is -2.07. The average Bonchev–Trinajstić information content (AvgIpc) is 2.56. The second-order valence-corrected chi connectivity index (χ2v) is 4.85. The van der Waals surface area contributed by atoms with Crippen molar-refractivity contribution in [3.8, 4) is 11.5 Å². The number of nitrogens with one attached hydrogen (secondary N) is 2. The number of ether oxygens (including phenoxy) is 2. The molecule has 0 aliphatic rings. The minimum atomic E-state index is -0.411. The zero-order valence-electron chi connectivity index (χ0n) is 13.2. The number of anilines is 1. The molecule has 120 valence electrons. The number of hydrogen-bond acceptors (Lipinski definition) is 4. The van der Waals surface area contributed by atoms with Gasteiger partial charge in [-0.1, -0.05) is 0 Å². The molecule has 1 heterocycles. The highest BCUT2D eigenvalue weighted by Crippen LogP contribution is 2.25. The number of aryl methyl sites for hydroxylation is 1. The minimum absolute atomic E-state index is 0.206. The summed E-state index contributed by atoms with van der Waals surface area (Å²) in [6.45, 7) is 1.82. The molecular formula is C17H18N2O4. The van der Waals surface area contributed by atoms with Crippen LogP contribution in [0.1, 0.15) is 11.1 Å². The number of methoxy groups -OCH3 is 2. The minimum Gasteiger partial charge on any atom is -0.497 e. The Balaban J connectivity index is 2.18. The number of hydrogen-bond donors (Lipinski definition) is 2. The van der Waals surface area contributed by atoms with Gasteiger partial charge in [0.25, 0.3) is 5.56 Å². The van der Waals surface area contributed by atoms with E-state index in [1.165, 1.54) is 6.08 Å². The highest BCUT2D eigenvalue weighted by molar-refractivity contribution is 6.02. The zero-order valence-corrected chi connectivity index (χ0v) is 13.2. The van der Waals surface area contributed by atoms with Crippen LogP contribution in [0.4, 0.5) is 5.69 Å². The summed E-state index contributed by atoms with van der Waals surface area (Å²) in [4.78, 5) is 26.2. The molecule has 23 heavy (non-hydrogen) atoms. The van der Waals surface area contributed by atoms with Crippen molar-refractivity contribution in [2.24, 2.45) is 0 Å². The molecule has 1 amide bonds. The maximum Gasteiger partial charge on any atom is 0.271 e. The van der Waals surface area contributed by atoms with E-state index in [4.69, 9.17) is 9.47 Å². The van der Waals surface area contributed by atoms with Gasteiger partial charge in [0.1, 0.15) is 17.2 Å². The van der Waals surface area contributed by atoms with Crippen molar-refractivity contribution in [3.63, 3.8) is 0 Å². The molecule has 1 aromatic carbocycles. The standard InChI is InChI=1S/C17H18N2O4/c1-11-8-14(17(21)18-10-11)19-16(20)7-4-12-9-13(22-2)5-6-15(12)23-3/h4-10H,1-3H3,(H,18,21)(H,19,20)/b7-4+. The van der Waals surface area contributed by atoms with Crippen LogP contribution in [0.25, 0.3) is 6.08 Å². The van der Waals surface area contributed by atoms with Crippen LogP contribution in [0.5, 0.6) is 11.5 Å². The third-order valence-corrected chi connectivity index (χ3v) is 3.16. The maximum atomic E-state index is 12.0. The lowest BCUT2D eigenvalue weighted by Crippen LogP contribution is -2.17. The summed E-state index contributed by atoms with van der Waals surface area (Å²) in [7, 11) is 3.11. The second kappa shape index (κ2) is 7.31. The van der Waals surface area contributed by atoms with E-state index in [1.54, 1.807) is 50.8 Å². The number of carbonyl (C=O) groups is 1. The van der Waals surface area contributed by atoms with E-state index < -0.39 is 5.91 Å². The van der Waals surface area contributed by atoms with Crippen LogP contribution in [0, 0.1) is 6.92 Å². The molecule has 0 aliphatic heterocycles. The van der Waals surface area contributed by atoms with Crippen LogP contribution < -0.4 is 20.3 Å². The first-order valence-corrected chi connectivity index (χ1v) is 6.94. The number of carbonyl (C=O) groups excluding carboxylic acids is 1. The Morgan fingerprint density at radius 2 is 2.00 bits per heavy atom. The van der Waals surface area contributed by atoms with Gasteiger partial charge in [-0.15, -0.1) is 0 Å². The number of benzene rings is 1. The highest BCUT2D eigenvalue weighted by atomic mass is 16.5. The Hall–Kier alpha value is -3.02. The fourth-order valence-electron chi connectivity index (χ4n) is 1.99. The largest absolute Gasteiger partial charge is 0.497 e. The molecule has 1 aromatic heterocycles. The van der Waals surface area contributed by atoms with Gasteiger partial charge >= 0.3 is 0 Å². The first-order valence-electron chi connectivity index (χ1n) is 6.94. The molecule has 0 saturated carbocycles. The predicted molar refractivity (Wildman–Crippen MR) is 89.0 cm³/mol. The molecule has 6 heteroatoms. The number of H-pyrrole nitrogens is 1. The van der Waals surface area contributed by atoms with E-state index in [1.807, 2.05) is 6.92 Å². The lowest BCUT2D eigenvalue weighted by atomic mass is 10.1. The quantitative estimate of drug-likeness (QED) is 0.830. The van der Waals surface area contributed by atoms with Gasteiger partial charge in [0, 0.05) is 17.8 Å². The van der Waals surface area contributed by atoms with Crippen molar-refractivity contribution < 1.29 is 14.3 Å². The van der Waals surface area contributed by atoms with Crippen molar-refractivity contribution in [2.45, 2.75) is 6.92 Å². The SMILES string of the molecule is COc1ccc(OC)c(/C=C/C(=O)Nc2cc(C)c[nH]c2=O)c1. The molecule has 2 aromatic rings. The molecule has 0 atom stereocenters. The normalized spacial score (nSPS) is 10.6. The fraction of sp³-hybridized carbons (Fsp3) is 0.176. The predicted octanol–water partition coefficient (Wildman–Crippen LogP) is 2.35. The summed E-state index contributed by atoms with van der Waals surface area (Å²) >= 11 is 0. The summed E-state index contributed by atoms with van der Waals surface area (Å²) in [5.41, 5.74) is 1.40. The molecule has 0 unspecified atom stereocenters. The topological polar surface area (TPSA) is 80.4 Å². The molecule has 2 rings (SSSR count). The molecule has 0 aliphatic carbocycles. The van der Waals surface area contributed by atoms with Crippen LogP contribution in [-0.4, -0.2) is 25.1 Å². The zero-order chi connectivity index (χ0) is 16.8. The van der Waals surface area contributed by atoms with Crippen LogP contribution in [-0.2, 0) is 4.79 Å². The summed E-state index contributed by atoms with van der Waals surface area (Å²) in [6, 6.07) is 6.88. The van der Waals surface area contributed by atoms with Crippen molar-refractivity contribution in [1.29, 1.82) is 0 Å². The Morgan fingerprint density at radius 1 is 1.22 bits per heavy atom. The van der Waals surface area contributed by atoms with Gasteiger partial charge in [-0.2, -0.15) is 0 Å². The number of aromatic nitrogens is 1. The van der Waals surface area contributed by atoms with Crippen LogP contribution in [0.3, 0.4) is 0 Å². The average molecular weight is 314 g/mol. The van der Waals surface area contributed by atoms with E-state index in [0.29, 0.717) is 17.1 Å². The van der Waals surface area contributed by atoms with E-state index in [9.17, 15) is 9.59 Å². The Bertz CT molecular complexity index is 793. The fourth-order valence-corrected chi connectivity index (χ4v) is 1.99. The smallest absolute Gasteiger partial charge is 0.271 e. The van der Waals surface area contributed by atoms with Crippen molar-refractivity contribution in [3.05, 3.63) is 58.0 Å². The van der Waals surface area contributed by atoms with Gasteiger partial charge < -0.3 is 19.8 Å². The van der Waals surface area contributed by atoms with Crippen LogP contribution in [0.15, 0.2) is 41.3 Å². The second-order valence-electron chi connectivity index (χ2n) is 4.85. The number of rotatable bonds is 5. The van der Waals surface area contributed by atoms with E-state index in [0.717, 1.165) is 5.56 Å². The molecule has 6 nitrogen and oxygen atoms in total. The van der Waals surface area contributed by atoms with Crippen molar-refractivity contribution in [1.82, 2.24) is 4.98 Å². The number of pyridine rings is 1. The highest BCUT2D eigenvalue weighted by Gasteiger charge is 2.05. The van der Waals surface area contributed by atoms with E-state index in [2.05, 4.69) is 10.3 Å². The molecule has 2 N–H and O–H groups in total. The third-order valence-electron chi connectivity index (χ3n) is 3.16. The number of aromatic amines is 1. The molecule has 0 saturated heterocycles. The van der Waals surface area contributed by atoms with Gasteiger partial charge in [-0.25, -0.2) is 0 Å². The summed E-state index contributed by atoms with van der Waals surface area (Å²) < 4.78 is 10.4. The Kier molecular flexibility index (Phi) is 5.19. The monoisotopic (exact) mass is 314 g/mol. The van der Waals surface area contributed by atoms with Crippen LogP contribution in [0.2, 0.25) is 0 Å². The van der Waals surface area contributed by atoms with E-state index in [-0.39, 0.29) is 11.2 Å². The maximum absolute atomic E-state index is 12.0. The Morgan fingerprint density at radius 3 is 2.70 bits per heavy atom. The van der Waals surface area contributed by atoms with Gasteiger partial charge in [0.2, 0.25) is 5.91 Å². The van der Waals surface area contributed by atoms with Gasteiger partial charge in [-0.05, 0) is 42.8 Å². The van der Waals surface area contributed by atoms with Gasteiger partial charge in [-0.3, -0.25) is 9.59 Å². The Labute approximate surface area is 133 Å². The van der Waals surface area contributed by atoms with Crippen LogP contribution >= 0.6 is 0 Å². The molecule has 0 fully saturated rings. The summed E-state index contributed by atoms with van der Waals surface area (Å²) in [5.74, 6) is 0.857. The molecule has 0 radical (unpaired) electrons. The third kappa shape index (κ3) is 4.23. The number of amides is 1. The van der Waals surface area contributed by atoms with E-state index >= 15 is 0 Å². The summed E-state index contributed by atoms with van der Waals surface area (Å²) in [5, 5.41) is 2.55. The summed E-state index contributed by atoms with van der Waals surface area (Å²) in [6.07, 6.45) is 4.51. The molecule has 0 bridgehead atoms. The van der Waals surface area contributed by atoms with Crippen molar-refractivity contribution >= 4 is 17.7 Å². The molecular weight excluding hydrogens is 296 g/mol. The molecule has 0 spiro atoms. The lowest BCUT2D eigenvalue weighted by molar-refractivity contribution is -0.111. The van der Waals surface area contributed by atoms with Crippen molar-refractivity contribution in [2.75, 3.05) is 19.5 Å². The first-order chi connectivity index (χ1) is 11.0.